The Kier molecular flexibility index (Phi) is 2.94. The highest BCUT2D eigenvalue weighted by atomic mass is 16.4. The number of carboxylic acids is 2. The SMILES string of the molecule is CC=C=C(C(=O)O)C(=O)O. The van der Waals surface area contributed by atoms with Gasteiger partial charge in [0.15, 0.2) is 5.57 Å². The van der Waals surface area contributed by atoms with Gasteiger partial charge in [0.1, 0.15) is 0 Å². The number of carbonyl (C=O) groups is 2. The lowest BCUT2D eigenvalue weighted by Gasteiger charge is -1.86. The van der Waals surface area contributed by atoms with Crippen LogP contribution in [-0.2, 0) is 9.59 Å². The number of rotatable bonds is 2. The fourth-order valence-electron chi connectivity index (χ4n) is 0.359. The van der Waals surface area contributed by atoms with Gasteiger partial charge in [0.05, 0.1) is 0 Å². The van der Waals surface area contributed by atoms with Crippen molar-refractivity contribution in [1.29, 1.82) is 0 Å². The van der Waals surface area contributed by atoms with Crippen LogP contribution in [-0.4, -0.2) is 22.2 Å². The molecule has 0 saturated heterocycles. The van der Waals surface area contributed by atoms with Gasteiger partial charge in [-0.05, 0) is 13.0 Å². The van der Waals surface area contributed by atoms with Crippen LogP contribution in [0.5, 0.6) is 0 Å². The molecule has 0 aliphatic rings. The van der Waals surface area contributed by atoms with Gasteiger partial charge >= 0.3 is 11.9 Å². The summed E-state index contributed by atoms with van der Waals surface area (Å²) in [6.07, 6.45) is 1.23. The highest BCUT2D eigenvalue weighted by Crippen LogP contribution is 1.90. The Labute approximate surface area is 57.1 Å². The summed E-state index contributed by atoms with van der Waals surface area (Å²) in [5, 5.41) is 16.3. The molecule has 0 saturated carbocycles. The van der Waals surface area contributed by atoms with Gasteiger partial charge < -0.3 is 10.2 Å². The molecule has 0 atom stereocenters. The molecule has 0 aromatic rings. The second-order valence-electron chi connectivity index (χ2n) is 1.42. The maximum absolute atomic E-state index is 10.0. The Morgan fingerprint density at radius 1 is 1.30 bits per heavy atom. The summed E-state index contributed by atoms with van der Waals surface area (Å²) in [4.78, 5) is 20.1. The van der Waals surface area contributed by atoms with Crippen LogP contribution in [0.4, 0.5) is 0 Å². The van der Waals surface area contributed by atoms with Crippen LogP contribution >= 0.6 is 0 Å². The van der Waals surface area contributed by atoms with Gasteiger partial charge in [0.2, 0.25) is 0 Å². The normalized spacial score (nSPS) is 7.70. The largest absolute Gasteiger partial charge is 0.477 e. The molecular weight excluding hydrogens is 136 g/mol. The molecule has 54 valence electrons. The molecular formula is C6H6O4. The van der Waals surface area contributed by atoms with E-state index in [0.717, 1.165) is 0 Å². The highest BCUT2D eigenvalue weighted by Gasteiger charge is 2.13. The minimum Gasteiger partial charge on any atom is -0.477 e. The lowest BCUT2D eigenvalue weighted by atomic mass is 10.3. The molecule has 2 N–H and O–H groups in total. The van der Waals surface area contributed by atoms with Crippen LogP contribution in [0.25, 0.3) is 0 Å². The van der Waals surface area contributed by atoms with Crippen molar-refractivity contribution in [3.05, 3.63) is 17.4 Å². The molecule has 0 aliphatic heterocycles. The van der Waals surface area contributed by atoms with Gasteiger partial charge in [-0.1, -0.05) is 0 Å². The summed E-state index contributed by atoms with van der Waals surface area (Å²) in [5.41, 5.74) is 1.33. The molecule has 0 fully saturated rings. The van der Waals surface area contributed by atoms with E-state index in [1.807, 2.05) is 0 Å². The average molecular weight is 142 g/mol. The molecule has 4 heteroatoms. The van der Waals surface area contributed by atoms with Gasteiger partial charge in [0, 0.05) is 0 Å². The van der Waals surface area contributed by atoms with E-state index in [4.69, 9.17) is 10.2 Å². The van der Waals surface area contributed by atoms with E-state index in [2.05, 4.69) is 5.73 Å². The fraction of sp³-hybridized carbons (Fsp3) is 0.167. The summed E-state index contributed by atoms with van der Waals surface area (Å²) in [6.45, 7) is 1.49. The van der Waals surface area contributed by atoms with Gasteiger partial charge in [-0.2, -0.15) is 0 Å². The van der Waals surface area contributed by atoms with Crippen molar-refractivity contribution < 1.29 is 19.8 Å². The summed E-state index contributed by atoms with van der Waals surface area (Å²) in [5.74, 6) is -2.96. The zero-order chi connectivity index (χ0) is 8.15. The lowest BCUT2D eigenvalue weighted by Crippen LogP contribution is -2.09. The van der Waals surface area contributed by atoms with E-state index in [0.29, 0.717) is 0 Å². The monoisotopic (exact) mass is 142 g/mol. The molecule has 0 radical (unpaired) electrons. The number of aliphatic carboxylic acids is 2. The maximum Gasteiger partial charge on any atom is 0.351 e. The van der Waals surface area contributed by atoms with Crippen molar-refractivity contribution in [2.45, 2.75) is 6.92 Å². The van der Waals surface area contributed by atoms with E-state index in [1.54, 1.807) is 0 Å². The average Bonchev–Trinajstić information content (AvgIpc) is 1.81. The molecule has 0 spiro atoms. The summed E-state index contributed by atoms with van der Waals surface area (Å²) < 4.78 is 0. The van der Waals surface area contributed by atoms with Crippen molar-refractivity contribution in [3.8, 4) is 0 Å². The first-order valence-corrected chi connectivity index (χ1v) is 2.47. The Bertz CT molecular complexity index is 204. The molecule has 0 amide bonds. The van der Waals surface area contributed by atoms with Crippen LogP contribution in [0, 0.1) is 0 Å². The Balaban J connectivity index is 4.79. The fourth-order valence-corrected chi connectivity index (χ4v) is 0.359. The summed E-state index contributed by atoms with van der Waals surface area (Å²) in [6, 6.07) is 0. The van der Waals surface area contributed by atoms with E-state index in [1.165, 1.54) is 13.0 Å². The van der Waals surface area contributed by atoms with Crippen molar-refractivity contribution >= 4 is 11.9 Å². The highest BCUT2D eigenvalue weighted by molar-refractivity contribution is 6.12. The first-order valence-electron chi connectivity index (χ1n) is 2.47. The first-order chi connectivity index (χ1) is 4.59. The number of carboxylic acid groups (broad SMARTS) is 2. The predicted octanol–water partition coefficient (Wildman–Crippen LogP) is 0.257. The van der Waals surface area contributed by atoms with Gasteiger partial charge in [0.25, 0.3) is 0 Å². The van der Waals surface area contributed by atoms with E-state index >= 15 is 0 Å². The molecule has 10 heavy (non-hydrogen) atoms. The smallest absolute Gasteiger partial charge is 0.351 e. The predicted molar refractivity (Wildman–Crippen MR) is 32.5 cm³/mol. The quantitative estimate of drug-likeness (QED) is 0.251. The minimum atomic E-state index is -1.48. The Hall–Kier alpha value is -1.54. The topological polar surface area (TPSA) is 74.6 Å². The minimum absolute atomic E-state index is 0.748. The van der Waals surface area contributed by atoms with E-state index in [9.17, 15) is 9.59 Å². The van der Waals surface area contributed by atoms with Crippen molar-refractivity contribution in [3.63, 3.8) is 0 Å². The van der Waals surface area contributed by atoms with Crippen LogP contribution in [0.1, 0.15) is 6.92 Å². The molecule has 0 aromatic heterocycles. The zero-order valence-corrected chi connectivity index (χ0v) is 5.29. The molecule has 4 nitrogen and oxygen atoms in total. The van der Waals surface area contributed by atoms with Crippen molar-refractivity contribution in [2.75, 3.05) is 0 Å². The third-order valence-corrected chi connectivity index (χ3v) is 0.716. The summed E-state index contributed by atoms with van der Waals surface area (Å²) in [7, 11) is 0. The molecule has 0 aromatic carbocycles. The van der Waals surface area contributed by atoms with Crippen LogP contribution in [0.3, 0.4) is 0 Å². The lowest BCUT2D eigenvalue weighted by molar-refractivity contribution is -0.140. The first kappa shape index (κ1) is 8.46. The second-order valence-corrected chi connectivity index (χ2v) is 1.42. The third kappa shape index (κ3) is 2.15. The standard InChI is InChI=1S/C6H6O4/c1-2-3-4(5(7)8)6(9)10/h2H,1H3,(H,7,8)(H,9,10). The van der Waals surface area contributed by atoms with Crippen LogP contribution in [0.15, 0.2) is 17.4 Å². The molecule has 0 rings (SSSR count). The molecule has 0 aliphatic carbocycles. The Morgan fingerprint density at radius 2 is 1.70 bits per heavy atom. The van der Waals surface area contributed by atoms with Crippen LogP contribution in [0.2, 0.25) is 0 Å². The van der Waals surface area contributed by atoms with Crippen molar-refractivity contribution in [1.82, 2.24) is 0 Å². The third-order valence-electron chi connectivity index (χ3n) is 0.716. The van der Waals surface area contributed by atoms with E-state index in [-0.39, 0.29) is 0 Å². The van der Waals surface area contributed by atoms with Crippen LogP contribution < -0.4 is 0 Å². The second kappa shape index (κ2) is 3.48. The van der Waals surface area contributed by atoms with E-state index < -0.39 is 17.5 Å². The maximum atomic E-state index is 10.0. The molecule has 0 bridgehead atoms. The molecule has 0 unspecified atom stereocenters. The Morgan fingerprint density at radius 3 is 1.80 bits per heavy atom. The van der Waals surface area contributed by atoms with Crippen molar-refractivity contribution in [2.24, 2.45) is 0 Å². The summed E-state index contributed by atoms with van der Waals surface area (Å²) >= 11 is 0. The van der Waals surface area contributed by atoms with Gasteiger partial charge in [-0.15, -0.1) is 5.73 Å². The number of hydrogen-bond donors (Lipinski definition) is 2. The zero-order valence-electron chi connectivity index (χ0n) is 5.29. The number of hydrogen-bond acceptors (Lipinski definition) is 2. The molecule has 0 heterocycles. The van der Waals surface area contributed by atoms with Gasteiger partial charge in [-0.3, -0.25) is 0 Å². The van der Waals surface area contributed by atoms with Gasteiger partial charge in [-0.25, -0.2) is 9.59 Å².